The van der Waals surface area contributed by atoms with Gasteiger partial charge in [0, 0.05) is 29.5 Å². The molecule has 1 atom stereocenters. The Morgan fingerprint density at radius 3 is 2.67 bits per heavy atom. The van der Waals surface area contributed by atoms with E-state index in [0.29, 0.717) is 24.5 Å². The van der Waals surface area contributed by atoms with Crippen LogP contribution < -0.4 is 10.0 Å². The van der Waals surface area contributed by atoms with Crippen LogP contribution in [-0.4, -0.2) is 34.7 Å². The lowest BCUT2D eigenvalue weighted by Gasteiger charge is -2.15. The van der Waals surface area contributed by atoms with Crippen molar-refractivity contribution in [2.24, 2.45) is 0 Å². The predicted octanol–water partition coefficient (Wildman–Crippen LogP) is 2.26. The van der Waals surface area contributed by atoms with E-state index in [0.717, 1.165) is 22.7 Å². The number of hydrogen-bond donors (Lipinski definition) is 2. The summed E-state index contributed by atoms with van der Waals surface area (Å²) in [4.78, 5) is 2.25. The molecular formula is C14H26N2O3S2. The molecule has 0 aliphatic rings. The summed E-state index contributed by atoms with van der Waals surface area (Å²) in [5, 5.41) is 3.29. The number of methoxy groups -OCH3 is 1. The minimum absolute atomic E-state index is 0.194. The molecule has 1 rings (SSSR count). The molecule has 0 aliphatic carbocycles. The number of rotatable bonds is 10. The van der Waals surface area contributed by atoms with Crippen molar-refractivity contribution < 1.29 is 13.2 Å². The molecule has 0 fully saturated rings. The topological polar surface area (TPSA) is 67.4 Å². The number of sulfonamides is 1. The molecule has 5 nitrogen and oxygen atoms in total. The second-order valence-electron chi connectivity index (χ2n) is 4.99. The first-order valence-corrected chi connectivity index (χ1v) is 9.55. The van der Waals surface area contributed by atoms with Crippen molar-refractivity contribution in [3.8, 4) is 0 Å². The van der Waals surface area contributed by atoms with Crippen LogP contribution in [0.3, 0.4) is 0 Å². The average molecular weight is 335 g/mol. The standard InChI is InChI=1S/C14H26N2O3S2/c1-5-7-15-9-13-8-14(11(3)20-13)21(17,18)16-12(6-2)10-19-4/h8,12,15-16H,5-7,9-10H2,1-4H3. The summed E-state index contributed by atoms with van der Waals surface area (Å²) >= 11 is 1.53. The highest BCUT2D eigenvalue weighted by molar-refractivity contribution is 7.89. The molecule has 1 heterocycles. The van der Waals surface area contributed by atoms with Crippen LogP contribution in [0.15, 0.2) is 11.0 Å². The van der Waals surface area contributed by atoms with Crippen LogP contribution in [0, 0.1) is 6.92 Å². The van der Waals surface area contributed by atoms with Crippen LogP contribution in [0.1, 0.15) is 36.4 Å². The summed E-state index contributed by atoms with van der Waals surface area (Å²) in [6.07, 6.45) is 1.76. The van der Waals surface area contributed by atoms with Gasteiger partial charge in [-0.1, -0.05) is 13.8 Å². The third-order valence-corrected chi connectivity index (χ3v) is 5.95. The van der Waals surface area contributed by atoms with E-state index in [4.69, 9.17) is 4.74 Å². The second-order valence-corrected chi connectivity index (χ2v) is 8.02. The summed E-state index contributed by atoms with van der Waals surface area (Å²) in [5.74, 6) is 0. The Hall–Kier alpha value is -0.470. The molecule has 1 aromatic rings. The van der Waals surface area contributed by atoms with Gasteiger partial charge in [-0.2, -0.15) is 0 Å². The summed E-state index contributed by atoms with van der Waals surface area (Å²) < 4.78 is 32.7. The van der Waals surface area contributed by atoms with Gasteiger partial charge in [0.1, 0.15) is 0 Å². The first-order valence-electron chi connectivity index (χ1n) is 7.25. The summed E-state index contributed by atoms with van der Waals surface area (Å²) in [6.45, 7) is 7.91. The first-order chi connectivity index (χ1) is 9.94. The highest BCUT2D eigenvalue weighted by atomic mass is 32.2. The van der Waals surface area contributed by atoms with Gasteiger partial charge in [-0.3, -0.25) is 0 Å². The molecule has 0 aromatic carbocycles. The number of thiophene rings is 1. The maximum Gasteiger partial charge on any atom is 0.242 e. The molecule has 0 radical (unpaired) electrons. The Morgan fingerprint density at radius 2 is 2.10 bits per heavy atom. The van der Waals surface area contributed by atoms with E-state index in [2.05, 4.69) is 17.0 Å². The minimum Gasteiger partial charge on any atom is -0.383 e. The molecule has 0 saturated carbocycles. The third-order valence-electron chi connectivity index (χ3n) is 3.12. The van der Waals surface area contributed by atoms with Crippen LogP contribution in [0.4, 0.5) is 0 Å². The molecule has 0 spiro atoms. The van der Waals surface area contributed by atoms with E-state index in [9.17, 15) is 8.42 Å². The molecule has 122 valence electrons. The SMILES string of the molecule is CCCNCc1cc(S(=O)(=O)NC(CC)COC)c(C)s1. The van der Waals surface area contributed by atoms with Gasteiger partial charge in [-0.05, 0) is 32.4 Å². The molecular weight excluding hydrogens is 308 g/mol. The van der Waals surface area contributed by atoms with E-state index in [1.165, 1.54) is 11.3 Å². The zero-order chi connectivity index (χ0) is 15.9. The van der Waals surface area contributed by atoms with Crippen molar-refractivity contribution in [2.45, 2.75) is 51.1 Å². The minimum atomic E-state index is -3.48. The van der Waals surface area contributed by atoms with Gasteiger partial charge in [0.15, 0.2) is 0 Å². The van der Waals surface area contributed by atoms with Gasteiger partial charge in [0.25, 0.3) is 0 Å². The first kappa shape index (κ1) is 18.6. The van der Waals surface area contributed by atoms with Crippen molar-refractivity contribution in [3.63, 3.8) is 0 Å². The van der Waals surface area contributed by atoms with E-state index in [1.54, 1.807) is 13.2 Å². The molecule has 2 N–H and O–H groups in total. The van der Waals surface area contributed by atoms with Gasteiger partial charge < -0.3 is 10.1 Å². The molecule has 1 aromatic heterocycles. The molecule has 0 saturated heterocycles. The number of nitrogens with one attached hydrogen (secondary N) is 2. The van der Waals surface area contributed by atoms with Gasteiger partial charge in [-0.25, -0.2) is 13.1 Å². The molecule has 0 bridgehead atoms. The van der Waals surface area contributed by atoms with Crippen LogP contribution in [0.2, 0.25) is 0 Å². The highest BCUT2D eigenvalue weighted by Gasteiger charge is 2.23. The van der Waals surface area contributed by atoms with Crippen molar-refractivity contribution in [1.29, 1.82) is 0 Å². The second kappa shape index (κ2) is 8.85. The van der Waals surface area contributed by atoms with Gasteiger partial charge in [0.05, 0.1) is 11.5 Å². The fraction of sp³-hybridized carbons (Fsp3) is 0.714. The zero-order valence-corrected chi connectivity index (χ0v) is 14.9. The predicted molar refractivity (Wildman–Crippen MR) is 87.3 cm³/mol. The number of ether oxygens (including phenoxy) is 1. The Balaban J connectivity index is 2.82. The van der Waals surface area contributed by atoms with Gasteiger partial charge in [0.2, 0.25) is 10.0 Å². The van der Waals surface area contributed by atoms with Crippen LogP contribution in [0.25, 0.3) is 0 Å². The zero-order valence-electron chi connectivity index (χ0n) is 13.2. The lowest BCUT2D eigenvalue weighted by Crippen LogP contribution is -2.37. The lowest BCUT2D eigenvalue weighted by atomic mass is 10.3. The molecule has 0 aliphatic heterocycles. The summed E-state index contributed by atoms with van der Waals surface area (Å²) in [6, 6.07) is 1.57. The van der Waals surface area contributed by atoms with E-state index in [1.807, 2.05) is 13.8 Å². The smallest absolute Gasteiger partial charge is 0.242 e. The van der Waals surface area contributed by atoms with Crippen LogP contribution in [0.5, 0.6) is 0 Å². The Bertz CT molecular complexity index is 526. The van der Waals surface area contributed by atoms with Crippen molar-refractivity contribution in [2.75, 3.05) is 20.3 Å². The fourth-order valence-electron chi connectivity index (χ4n) is 1.99. The lowest BCUT2D eigenvalue weighted by molar-refractivity contribution is 0.173. The number of aryl methyl sites for hydroxylation is 1. The van der Waals surface area contributed by atoms with Gasteiger partial charge >= 0.3 is 0 Å². The van der Waals surface area contributed by atoms with E-state index in [-0.39, 0.29) is 6.04 Å². The molecule has 21 heavy (non-hydrogen) atoms. The fourth-order valence-corrected chi connectivity index (χ4v) is 4.89. The van der Waals surface area contributed by atoms with Crippen LogP contribution in [-0.2, 0) is 21.3 Å². The maximum absolute atomic E-state index is 12.5. The van der Waals surface area contributed by atoms with Crippen molar-refractivity contribution in [1.82, 2.24) is 10.0 Å². The van der Waals surface area contributed by atoms with Crippen LogP contribution >= 0.6 is 11.3 Å². The van der Waals surface area contributed by atoms with E-state index >= 15 is 0 Å². The van der Waals surface area contributed by atoms with E-state index < -0.39 is 10.0 Å². The Labute approximate surface area is 132 Å². The monoisotopic (exact) mass is 334 g/mol. The normalized spacial score (nSPS) is 13.5. The van der Waals surface area contributed by atoms with Crippen molar-refractivity contribution in [3.05, 3.63) is 15.8 Å². The average Bonchev–Trinajstić information content (AvgIpc) is 2.80. The van der Waals surface area contributed by atoms with Crippen molar-refractivity contribution >= 4 is 21.4 Å². The number of hydrogen-bond acceptors (Lipinski definition) is 5. The van der Waals surface area contributed by atoms with Gasteiger partial charge in [-0.15, -0.1) is 11.3 Å². The maximum atomic E-state index is 12.5. The Kier molecular flexibility index (Phi) is 7.83. The summed E-state index contributed by atoms with van der Waals surface area (Å²) in [5.41, 5.74) is 0. The summed E-state index contributed by atoms with van der Waals surface area (Å²) in [7, 11) is -1.91. The molecule has 1 unspecified atom stereocenters. The highest BCUT2D eigenvalue weighted by Crippen LogP contribution is 2.26. The third kappa shape index (κ3) is 5.67. The quantitative estimate of drug-likeness (QED) is 0.644. The molecule has 0 amide bonds. The Morgan fingerprint density at radius 1 is 1.38 bits per heavy atom. The largest absolute Gasteiger partial charge is 0.383 e. The molecule has 7 heteroatoms.